The van der Waals surface area contributed by atoms with Crippen molar-refractivity contribution in [3.63, 3.8) is 0 Å². The number of nitrogens with zero attached hydrogens (tertiary/aromatic N) is 4. The first-order valence-electron chi connectivity index (χ1n) is 11.2. The largest absolute Gasteiger partial charge is 0.392 e. The normalized spacial score (nSPS) is 19.6. The molecule has 166 valence electrons. The molecule has 0 bridgehead atoms. The molecule has 1 unspecified atom stereocenters. The molecule has 1 aromatic heterocycles. The van der Waals surface area contributed by atoms with E-state index in [2.05, 4.69) is 38.1 Å². The van der Waals surface area contributed by atoms with Crippen molar-refractivity contribution in [1.29, 1.82) is 0 Å². The molecule has 0 spiro atoms. The molecule has 0 amide bonds. The molecular weight excluding hydrogens is 405 g/mol. The lowest BCUT2D eigenvalue weighted by atomic mass is 10.1. The van der Waals surface area contributed by atoms with Crippen LogP contribution in [0.2, 0.25) is 0 Å². The quantitative estimate of drug-likeness (QED) is 0.640. The van der Waals surface area contributed by atoms with E-state index in [0.29, 0.717) is 12.8 Å². The van der Waals surface area contributed by atoms with Crippen LogP contribution in [0.3, 0.4) is 0 Å². The highest BCUT2D eigenvalue weighted by atomic mass is 19.1. The Labute approximate surface area is 187 Å². The van der Waals surface area contributed by atoms with Gasteiger partial charge in [-0.05, 0) is 48.2 Å². The van der Waals surface area contributed by atoms with Crippen LogP contribution in [0.15, 0.2) is 54.9 Å². The predicted molar refractivity (Wildman–Crippen MR) is 124 cm³/mol. The van der Waals surface area contributed by atoms with E-state index in [1.807, 2.05) is 30.3 Å². The Hall–Kier alpha value is -3.03. The lowest BCUT2D eigenvalue weighted by Gasteiger charge is -2.38. The number of piperazine rings is 1. The molecule has 5 rings (SSSR count). The van der Waals surface area contributed by atoms with Gasteiger partial charge in [-0.2, -0.15) is 0 Å². The highest BCUT2D eigenvalue weighted by molar-refractivity contribution is 5.65. The summed E-state index contributed by atoms with van der Waals surface area (Å²) in [5, 5.41) is 13.4. The van der Waals surface area contributed by atoms with Gasteiger partial charge in [0.25, 0.3) is 0 Å². The van der Waals surface area contributed by atoms with Gasteiger partial charge >= 0.3 is 0 Å². The SMILES string of the molecule is CC(c1ccc(F)cc1)N1CCN(c2cc(Nc3cccc4c3C[C@H](O)C4)ncn2)CC1. The Kier molecular flexibility index (Phi) is 5.76. The molecule has 2 N–H and O–H groups in total. The Morgan fingerprint density at radius 1 is 1.03 bits per heavy atom. The van der Waals surface area contributed by atoms with Gasteiger partial charge < -0.3 is 15.3 Å². The van der Waals surface area contributed by atoms with Crippen molar-refractivity contribution in [3.8, 4) is 0 Å². The van der Waals surface area contributed by atoms with Crippen molar-refractivity contribution >= 4 is 17.3 Å². The number of hydrogen-bond donors (Lipinski definition) is 2. The fraction of sp³-hybridized carbons (Fsp3) is 0.360. The van der Waals surface area contributed by atoms with E-state index >= 15 is 0 Å². The maximum atomic E-state index is 13.2. The van der Waals surface area contributed by atoms with Gasteiger partial charge in [-0.15, -0.1) is 0 Å². The number of fused-ring (bicyclic) bond motifs is 1. The van der Waals surface area contributed by atoms with Crippen molar-refractivity contribution in [2.75, 3.05) is 36.4 Å². The van der Waals surface area contributed by atoms with Crippen LogP contribution in [0.25, 0.3) is 0 Å². The molecule has 0 radical (unpaired) electrons. The molecule has 6 nitrogen and oxygen atoms in total. The zero-order chi connectivity index (χ0) is 22.1. The average molecular weight is 434 g/mol. The average Bonchev–Trinajstić information content (AvgIpc) is 3.21. The first kappa shape index (κ1) is 20.8. The summed E-state index contributed by atoms with van der Waals surface area (Å²) in [6, 6.07) is 15.2. The number of benzene rings is 2. The molecular formula is C25H28FN5O. The number of rotatable bonds is 5. The zero-order valence-electron chi connectivity index (χ0n) is 18.2. The Morgan fingerprint density at radius 3 is 2.59 bits per heavy atom. The standard InChI is InChI=1S/C25H28FN5O/c1-17(18-5-7-20(26)8-6-18)30-9-11-31(12-10-30)25-15-24(27-16-28-25)29-23-4-2-3-19-13-21(32)14-22(19)23/h2-8,15-17,21,32H,9-14H2,1H3,(H,27,28,29)/t17?,21-/m1/s1. The van der Waals surface area contributed by atoms with Crippen LogP contribution in [0, 0.1) is 5.82 Å². The van der Waals surface area contributed by atoms with Crippen molar-refractivity contribution in [3.05, 3.63) is 77.4 Å². The van der Waals surface area contributed by atoms with Crippen LogP contribution in [0.1, 0.15) is 29.7 Å². The summed E-state index contributed by atoms with van der Waals surface area (Å²) in [5.41, 5.74) is 4.50. The number of hydrogen-bond acceptors (Lipinski definition) is 6. The van der Waals surface area contributed by atoms with E-state index < -0.39 is 0 Å². The third-order valence-electron chi connectivity index (χ3n) is 6.62. The molecule has 1 fully saturated rings. The molecule has 1 aliphatic heterocycles. The summed E-state index contributed by atoms with van der Waals surface area (Å²) in [6.45, 7) is 5.74. The highest BCUT2D eigenvalue weighted by Crippen LogP contribution is 2.31. The minimum Gasteiger partial charge on any atom is -0.392 e. The third-order valence-corrected chi connectivity index (χ3v) is 6.62. The minimum absolute atomic E-state index is 0.199. The van der Waals surface area contributed by atoms with E-state index in [1.54, 1.807) is 6.33 Å². The molecule has 3 aromatic rings. The van der Waals surface area contributed by atoms with Gasteiger partial charge in [-0.1, -0.05) is 24.3 Å². The van der Waals surface area contributed by atoms with Gasteiger partial charge in [0.2, 0.25) is 0 Å². The molecule has 1 aliphatic carbocycles. The topological polar surface area (TPSA) is 64.5 Å². The van der Waals surface area contributed by atoms with E-state index in [9.17, 15) is 9.50 Å². The van der Waals surface area contributed by atoms with E-state index in [1.165, 1.54) is 23.3 Å². The second kappa shape index (κ2) is 8.84. The second-order valence-corrected chi connectivity index (χ2v) is 8.64. The molecule has 1 saturated heterocycles. The summed E-state index contributed by atoms with van der Waals surface area (Å²) in [4.78, 5) is 13.6. The van der Waals surface area contributed by atoms with E-state index in [0.717, 1.165) is 49.1 Å². The first-order valence-corrected chi connectivity index (χ1v) is 11.2. The van der Waals surface area contributed by atoms with Crippen LogP contribution < -0.4 is 10.2 Å². The Morgan fingerprint density at radius 2 is 1.81 bits per heavy atom. The van der Waals surface area contributed by atoms with Crippen LogP contribution in [0.4, 0.5) is 21.7 Å². The first-order chi connectivity index (χ1) is 15.6. The summed E-state index contributed by atoms with van der Waals surface area (Å²) in [6.07, 6.45) is 2.68. The van der Waals surface area contributed by atoms with Gasteiger partial charge in [0.15, 0.2) is 0 Å². The molecule has 32 heavy (non-hydrogen) atoms. The van der Waals surface area contributed by atoms with Crippen LogP contribution in [-0.4, -0.2) is 52.3 Å². The predicted octanol–water partition coefficient (Wildman–Crippen LogP) is 3.70. The molecule has 2 aliphatic rings. The maximum Gasteiger partial charge on any atom is 0.135 e. The Balaban J connectivity index is 1.24. The van der Waals surface area contributed by atoms with Gasteiger partial charge in [-0.25, -0.2) is 14.4 Å². The zero-order valence-corrected chi connectivity index (χ0v) is 18.2. The number of aliphatic hydroxyl groups is 1. The lowest BCUT2D eigenvalue weighted by molar-refractivity contribution is 0.187. The maximum absolute atomic E-state index is 13.2. The third kappa shape index (κ3) is 4.31. The molecule has 2 atom stereocenters. The number of nitrogens with one attached hydrogen (secondary N) is 1. The molecule has 2 aromatic carbocycles. The molecule has 2 heterocycles. The fourth-order valence-corrected chi connectivity index (χ4v) is 4.76. The number of aromatic nitrogens is 2. The summed E-state index contributed by atoms with van der Waals surface area (Å²) >= 11 is 0. The number of anilines is 3. The summed E-state index contributed by atoms with van der Waals surface area (Å²) in [5.74, 6) is 1.46. The van der Waals surface area contributed by atoms with Crippen molar-refractivity contribution < 1.29 is 9.50 Å². The molecule has 0 saturated carbocycles. The van der Waals surface area contributed by atoms with Gasteiger partial charge in [0.1, 0.15) is 23.8 Å². The van der Waals surface area contributed by atoms with Crippen molar-refractivity contribution in [1.82, 2.24) is 14.9 Å². The van der Waals surface area contributed by atoms with Crippen molar-refractivity contribution in [2.45, 2.75) is 31.9 Å². The smallest absolute Gasteiger partial charge is 0.135 e. The number of aliphatic hydroxyl groups excluding tert-OH is 1. The molecule has 7 heteroatoms. The van der Waals surface area contributed by atoms with Crippen LogP contribution >= 0.6 is 0 Å². The van der Waals surface area contributed by atoms with Crippen LogP contribution in [0.5, 0.6) is 0 Å². The van der Waals surface area contributed by atoms with E-state index in [-0.39, 0.29) is 18.0 Å². The van der Waals surface area contributed by atoms with Gasteiger partial charge in [0, 0.05) is 50.4 Å². The summed E-state index contributed by atoms with van der Waals surface area (Å²) < 4.78 is 13.2. The minimum atomic E-state index is -0.303. The van der Waals surface area contributed by atoms with Crippen molar-refractivity contribution in [2.24, 2.45) is 0 Å². The monoisotopic (exact) mass is 433 g/mol. The van der Waals surface area contributed by atoms with Gasteiger partial charge in [0.05, 0.1) is 6.10 Å². The lowest BCUT2D eigenvalue weighted by Crippen LogP contribution is -2.47. The van der Waals surface area contributed by atoms with E-state index in [4.69, 9.17) is 0 Å². The number of halogens is 1. The highest BCUT2D eigenvalue weighted by Gasteiger charge is 2.24. The second-order valence-electron chi connectivity index (χ2n) is 8.64. The van der Waals surface area contributed by atoms with Gasteiger partial charge in [-0.3, -0.25) is 4.90 Å². The Bertz CT molecular complexity index is 1080. The summed E-state index contributed by atoms with van der Waals surface area (Å²) in [7, 11) is 0. The van der Waals surface area contributed by atoms with Crippen LogP contribution in [-0.2, 0) is 12.8 Å². The fourth-order valence-electron chi connectivity index (χ4n) is 4.76.